The lowest BCUT2D eigenvalue weighted by molar-refractivity contribution is 0.112. The molecule has 0 saturated heterocycles. The van der Waals surface area contributed by atoms with Gasteiger partial charge in [0, 0.05) is 5.56 Å². The van der Waals surface area contributed by atoms with Crippen LogP contribution in [0.4, 0.5) is 0 Å². The number of benzene rings is 1. The van der Waals surface area contributed by atoms with Crippen LogP contribution in [0.1, 0.15) is 15.8 Å². The number of hydrogen-bond acceptors (Lipinski definition) is 1. The Morgan fingerprint density at radius 2 is 2.22 bits per heavy atom. The average molecular weight is 145 g/mol. The maximum atomic E-state index is 10.4. The van der Waals surface area contributed by atoms with Crippen molar-refractivity contribution in [3.05, 3.63) is 34.8 Å². The van der Waals surface area contributed by atoms with E-state index in [-0.39, 0.29) is 16.6 Å². The number of carbonyl (C=O) groups excluding carboxylic acids is 1. The van der Waals surface area contributed by atoms with E-state index in [2.05, 4.69) is 0 Å². The van der Waals surface area contributed by atoms with E-state index in [4.69, 9.17) is 17.1 Å². The molecule has 0 saturated carbocycles. The molecule has 0 spiro atoms. The van der Waals surface area contributed by atoms with Crippen molar-refractivity contribution in [2.45, 2.75) is 0 Å². The van der Waals surface area contributed by atoms with Gasteiger partial charge in [-0.25, -0.2) is 0 Å². The third kappa shape index (κ3) is 1.30. The predicted molar refractivity (Wildman–Crippen MR) is 36.8 cm³/mol. The minimum atomic E-state index is -0.448. The Balaban J connectivity index is 3.66. The molecule has 0 N–H and O–H groups in total. The largest absolute Gasteiger partial charge is 0.298 e. The Labute approximate surface area is 63.9 Å². The first-order chi connectivity index (χ1) is 6.00. The highest BCUT2D eigenvalue weighted by Crippen LogP contribution is 2.11. The summed E-state index contributed by atoms with van der Waals surface area (Å²) < 4.78 is 28.9. The summed E-state index contributed by atoms with van der Waals surface area (Å²) in [6.45, 7) is 0. The van der Waals surface area contributed by atoms with Gasteiger partial charge in [-0.15, -0.1) is 0 Å². The average Bonchev–Trinajstić information content (AvgIpc) is 2.13. The summed E-state index contributed by atoms with van der Waals surface area (Å²) in [6, 6.07) is -1.66. The summed E-state index contributed by atoms with van der Waals surface area (Å²) in [4.78, 5) is 10.4. The third-order valence-corrected chi connectivity index (χ3v) is 1.08. The SMILES string of the molecule is [2H]c1c([2H])c([2H])c(C=O)c(Cl)c1[2H]. The van der Waals surface area contributed by atoms with Crippen LogP contribution in [-0.2, 0) is 0 Å². The van der Waals surface area contributed by atoms with E-state index >= 15 is 0 Å². The number of rotatable bonds is 1. The van der Waals surface area contributed by atoms with Gasteiger partial charge in [-0.1, -0.05) is 29.7 Å². The van der Waals surface area contributed by atoms with Crippen molar-refractivity contribution in [1.82, 2.24) is 0 Å². The van der Waals surface area contributed by atoms with Gasteiger partial charge in [0.15, 0.2) is 6.29 Å². The van der Waals surface area contributed by atoms with Crippen LogP contribution in [0, 0.1) is 0 Å². The Bertz CT molecular complexity index is 348. The van der Waals surface area contributed by atoms with Crippen molar-refractivity contribution in [3.63, 3.8) is 0 Å². The Morgan fingerprint density at radius 3 is 2.89 bits per heavy atom. The number of halogens is 1. The van der Waals surface area contributed by atoms with Crippen LogP contribution in [0.25, 0.3) is 0 Å². The van der Waals surface area contributed by atoms with Crippen molar-refractivity contribution < 1.29 is 10.3 Å². The van der Waals surface area contributed by atoms with Gasteiger partial charge in [-0.2, -0.15) is 0 Å². The zero-order valence-electron chi connectivity index (χ0n) is 8.36. The maximum absolute atomic E-state index is 10.4. The molecule has 0 bridgehead atoms. The van der Waals surface area contributed by atoms with Crippen molar-refractivity contribution in [3.8, 4) is 0 Å². The first-order valence-corrected chi connectivity index (χ1v) is 2.59. The first-order valence-electron chi connectivity index (χ1n) is 4.21. The molecule has 0 atom stereocenters. The van der Waals surface area contributed by atoms with E-state index in [0.29, 0.717) is 6.29 Å². The number of carbonyl (C=O) groups is 1. The first kappa shape index (κ1) is 2.84. The second kappa shape index (κ2) is 2.65. The Morgan fingerprint density at radius 1 is 1.56 bits per heavy atom. The summed E-state index contributed by atoms with van der Waals surface area (Å²) in [7, 11) is 0. The summed E-state index contributed by atoms with van der Waals surface area (Å²) in [5.41, 5.74) is -0.201. The molecule has 0 aliphatic rings. The van der Waals surface area contributed by atoms with Crippen LogP contribution in [0.2, 0.25) is 5.02 Å². The van der Waals surface area contributed by atoms with Crippen molar-refractivity contribution in [2.24, 2.45) is 0 Å². The van der Waals surface area contributed by atoms with Gasteiger partial charge in [-0.3, -0.25) is 4.79 Å². The molecule has 9 heavy (non-hydrogen) atoms. The highest BCUT2D eigenvalue weighted by Gasteiger charge is 1.92. The van der Waals surface area contributed by atoms with Gasteiger partial charge in [0.05, 0.1) is 10.5 Å². The van der Waals surface area contributed by atoms with Gasteiger partial charge >= 0.3 is 0 Å². The lowest BCUT2D eigenvalue weighted by Crippen LogP contribution is -1.77. The second-order valence-corrected chi connectivity index (χ2v) is 1.72. The standard InChI is InChI=1S/C7H5ClO/c8-7-4-2-1-3-6(7)5-9/h1-5H/i1D,2D,3D,4D. The highest BCUT2D eigenvalue weighted by atomic mass is 35.5. The normalized spacial score (nSPS) is 15.2. The van der Waals surface area contributed by atoms with E-state index in [1.54, 1.807) is 0 Å². The van der Waals surface area contributed by atoms with Gasteiger partial charge in [0.25, 0.3) is 0 Å². The van der Waals surface area contributed by atoms with Crippen LogP contribution in [-0.4, -0.2) is 6.29 Å². The molecule has 1 rings (SSSR count). The minimum absolute atomic E-state index is 0.201. The summed E-state index contributed by atoms with van der Waals surface area (Å²) in [5, 5.41) is -0.235. The van der Waals surface area contributed by atoms with Crippen molar-refractivity contribution >= 4 is 17.9 Å². The van der Waals surface area contributed by atoms with Crippen molar-refractivity contribution in [1.29, 1.82) is 0 Å². The molecule has 0 aliphatic carbocycles. The Hall–Kier alpha value is -0.820. The molecule has 46 valence electrons. The zero-order chi connectivity index (χ0) is 10.2. The third-order valence-electron chi connectivity index (χ3n) is 0.786. The Kier molecular flexibility index (Phi) is 0.836. The second-order valence-electron chi connectivity index (χ2n) is 1.35. The van der Waals surface area contributed by atoms with E-state index in [1.165, 1.54) is 0 Å². The molecule has 0 fully saturated rings. The van der Waals surface area contributed by atoms with Crippen LogP contribution in [0.15, 0.2) is 24.2 Å². The van der Waals surface area contributed by atoms with Crippen LogP contribution >= 0.6 is 11.6 Å². The highest BCUT2D eigenvalue weighted by molar-refractivity contribution is 6.32. The fourth-order valence-corrected chi connectivity index (χ4v) is 0.527. The summed E-state index contributed by atoms with van der Waals surface area (Å²) in [6.07, 6.45) is 0.320. The topological polar surface area (TPSA) is 17.1 Å². The van der Waals surface area contributed by atoms with Crippen molar-refractivity contribution in [2.75, 3.05) is 0 Å². The quantitative estimate of drug-likeness (QED) is 0.552. The smallest absolute Gasteiger partial charge is 0.151 e. The monoisotopic (exact) mass is 144 g/mol. The van der Waals surface area contributed by atoms with E-state index in [0.717, 1.165) is 0 Å². The van der Waals surface area contributed by atoms with E-state index in [9.17, 15) is 4.79 Å². The molecular weight excluding hydrogens is 136 g/mol. The summed E-state index contributed by atoms with van der Waals surface area (Å²) >= 11 is 5.53. The molecule has 0 heterocycles. The molecule has 0 radical (unpaired) electrons. The number of hydrogen-bond donors (Lipinski definition) is 0. The van der Waals surface area contributed by atoms with E-state index in [1.807, 2.05) is 0 Å². The lowest BCUT2D eigenvalue weighted by atomic mass is 10.2. The van der Waals surface area contributed by atoms with Gasteiger partial charge in [0.1, 0.15) is 0 Å². The minimum Gasteiger partial charge on any atom is -0.298 e. The fraction of sp³-hybridized carbons (Fsp3) is 0. The fourth-order valence-electron chi connectivity index (χ4n) is 0.388. The molecule has 0 amide bonds. The zero-order valence-corrected chi connectivity index (χ0v) is 5.12. The predicted octanol–water partition coefficient (Wildman–Crippen LogP) is 2.15. The van der Waals surface area contributed by atoms with Crippen LogP contribution in [0.3, 0.4) is 0 Å². The molecule has 1 aromatic carbocycles. The molecule has 2 heteroatoms. The molecule has 1 aromatic rings. The lowest BCUT2D eigenvalue weighted by Gasteiger charge is -1.90. The number of aldehydes is 1. The van der Waals surface area contributed by atoms with Gasteiger partial charge in [0.2, 0.25) is 0 Å². The molecule has 1 nitrogen and oxygen atoms in total. The molecule has 0 unspecified atom stereocenters. The van der Waals surface area contributed by atoms with E-state index < -0.39 is 18.1 Å². The van der Waals surface area contributed by atoms with Crippen LogP contribution in [0.5, 0.6) is 0 Å². The molecule has 0 aromatic heterocycles. The molecule has 0 aliphatic heterocycles. The van der Waals surface area contributed by atoms with Crippen LogP contribution < -0.4 is 0 Å². The molecular formula is C7H5ClO. The maximum Gasteiger partial charge on any atom is 0.151 e. The van der Waals surface area contributed by atoms with Gasteiger partial charge in [-0.05, 0) is 6.04 Å². The summed E-state index contributed by atoms with van der Waals surface area (Å²) in [5.74, 6) is 0. The van der Waals surface area contributed by atoms with Gasteiger partial charge < -0.3 is 0 Å².